The van der Waals surface area contributed by atoms with Gasteiger partial charge < -0.3 is 20.3 Å². The number of nitrogens with zero attached hydrogens (tertiary/aromatic N) is 5. The Labute approximate surface area is 204 Å². The molecule has 0 spiro atoms. The Morgan fingerprint density at radius 1 is 0.771 bits per heavy atom. The third kappa shape index (κ3) is 4.93. The lowest BCUT2D eigenvalue weighted by Crippen LogP contribution is -2.46. The Hall–Kier alpha value is -4.04. The highest BCUT2D eigenvalue weighted by molar-refractivity contribution is 5.54. The largest absolute Gasteiger partial charge is 0.497 e. The number of benzene rings is 3. The van der Waals surface area contributed by atoms with Crippen LogP contribution in [0.2, 0.25) is 0 Å². The second kappa shape index (κ2) is 10.1. The van der Waals surface area contributed by atoms with Crippen LogP contribution in [0.4, 0.5) is 11.4 Å². The van der Waals surface area contributed by atoms with Crippen molar-refractivity contribution in [2.45, 2.75) is 13.1 Å². The fourth-order valence-electron chi connectivity index (χ4n) is 4.42. The van der Waals surface area contributed by atoms with Crippen LogP contribution in [0.25, 0.3) is 5.69 Å². The topological polar surface area (TPSA) is 81.6 Å². The molecule has 8 nitrogen and oxygen atoms in total. The molecular formula is C27H30N6O2. The summed E-state index contributed by atoms with van der Waals surface area (Å²) in [5.74, 6) is 0.873. The highest BCUT2D eigenvalue weighted by Crippen LogP contribution is 2.23. The summed E-state index contributed by atoms with van der Waals surface area (Å²) in [5.41, 5.74) is 10.8. The highest BCUT2D eigenvalue weighted by atomic mass is 16.5. The zero-order chi connectivity index (χ0) is 24.2. The van der Waals surface area contributed by atoms with Crippen LogP contribution in [-0.2, 0) is 13.1 Å². The fraction of sp³-hybridized carbons (Fsp3) is 0.259. The molecule has 0 atom stereocenters. The Morgan fingerprint density at radius 2 is 1.29 bits per heavy atom. The molecular weight excluding hydrogens is 440 g/mol. The first-order chi connectivity index (χ1) is 17.1. The van der Waals surface area contributed by atoms with E-state index >= 15 is 0 Å². The molecule has 3 aromatic carbocycles. The van der Waals surface area contributed by atoms with Gasteiger partial charge in [-0.25, -0.2) is 14.0 Å². The summed E-state index contributed by atoms with van der Waals surface area (Å²) in [6.07, 6.45) is 1.58. The lowest BCUT2D eigenvalue weighted by atomic mass is 10.1. The average Bonchev–Trinajstić information content (AvgIpc) is 3.29. The lowest BCUT2D eigenvalue weighted by Gasteiger charge is -2.37. The number of hydrogen-bond acceptors (Lipinski definition) is 6. The highest BCUT2D eigenvalue weighted by Gasteiger charge is 2.18. The Bertz CT molecular complexity index is 1300. The molecule has 8 heteroatoms. The quantitative estimate of drug-likeness (QED) is 0.447. The van der Waals surface area contributed by atoms with Crippen molar-refractivity contribution < 1.29 is 4.74 Å². The zero-order valence-corrected chi connectivity index (χ0v) is 19.9. The average molecular weight is 471 g/mol. The smallest absolute Gasteiger partial charge is 0.350 e. The van der Waals surface area contributed by atoms with Crippen LogP contribution in [-0.4, -0.2) is 47.6 Å². The molecule has 180 valence electrons. The molecule has 1 saturated heterocycles. The van der Waals surface area contributed by atoms with Crippen molar-refractivity contribution in [3.8, 4) is 11.4 Å². The van der Waals surface area contributed by atoms with Gasteiger partial charge in [0.05, 0.1) is 19.3 Å². The van der Waals surface area contributed by atoms with Gasteiger partial charge in [-0.1, -0.05) is 24.3 Å². The lowest BCUT2D eigenvalue weighted by molar-refractivity contribution is 0.415. The maximum absolute atomic E-state index is 12.9. The van der Waals surface area contributed by atoms with Crippen LogP contribution >= 0.6 is 0 Å². The van der Waals surface area contributed by atoms with Crippen LogP contribution < -0.4 is 26.0 Å². The molecule has 2 heterocycles. The third-order valence-corrected chi connectivity index (χ3v) is 6.53. The molecule has 0 unspecified atom stereocenters. The van der Waals surface area contributed by atoms with Crippen molar-refractivity contribution in [2.75, 3.05) is 43.1 Å². The summed E-state index contributed by atoms with van der Waals surface area (Å²) in [7, 11) is 1.68. The Kier molecular flexibility index (Phi) is 6.54. The molecule has 0 bridgehead atoms. The van der Waals surface area contributed by atoms with E-state index in [1.165, 1.54) is 10.4 Å². The number of piperazine rings is 1. The van der Waals surface area contributed by atoms with Crippen LogP contribution in [0, 0.1) is 0 Å². The van der Waals surface area contributed by atoms with E-state index in [-0.39, 0.29) is 5.69 Å². The van der Waals surface area contributed by atoms with E-state index in [0.29, 0.717) is 13.1 Å². The van der Waals surface area contributed by atoms with Crippen molar-refractivity contribution in [3.63, 3.8) is 0 Å². The minimum atomic E-state index is -0.159. The van der Waals surface area contributed by atoms with E-state index in [9.17, 15) is 4.79 Å². The molecule has 5 rings (SSSR count). The molecule has 0 amide bonds. The Balaban J connectivity index is 1.22. The van der Waals surface area contributed by atoms with E-state index in [1.807, 2.05) is 48.5 Å². The molecule has 35 heavy (non-hydrogen) atoms. The van der Waals surface area contributed by atoms with Gasteiger partial charge in [-0.05, 0) is 59.7 Å². The number of methoxy groups -OCH3 is 1. The van der Waals surface area contributed by atoms with Gasteiger partial charge in [0.15, 0.2) is 0 Å². The number of hydrogen-bond donors (Lipinski definition) is 1. The maximum Gasteiger partial charge on any atom is 0.350 e. The minimum absolute atomic E-state index is 0.159. The predicted octanol–water partition coefficient (Wildman–Crippen LogP) is 2.88. The second-order valence-corrected chi connectivity index (χ2v) is 8.65. The van der Waals surface area contributed by atoms with Gasteiger partial charge >= 0.3 is 5.69 Å². The zero-order valence-electron chi connectivity index (χ0n) is 19.9. The number of anilines is 2. The van der Waals surface area contributed by atoms with Crippen molar-refractivity contribution in [1.82, 2.24) is 14.3 Å². The monoisotopic (exact) mass is 470 g/mol. The van der Waals surface area contributed by atoms with Gasteiger partial charge in [0.25, 0.3) is 0 Å². The Morgan fingerprint density at radius 3 is 1.83 bits per heavy atom. The second-order valence-electron chi connectivity index (χ2n) is 8.65. The summed E-state index contributed by atoms with van der Waals surface area (Å²) in [6, 6.07) is 24.3. The molecule has 1 fully saturated rings. The molecule has 0 radical (unpaired) electrons. The van der Waals surface area contributed by atoms with Gasteiger partial charge in [0, 0.05) is 44.1 Å². The standard InChI is InChI=1S/C27H30N6O2/c1-35-26-12-10-24(11-13-26)31-16-14-30(15-17-31)23-6-8-25(9-7-23)32-20-29-33(27(32)34)19-22-4-2-21(18-28)3-5-22/h2-13,20H,14-19,28H2,1H3. The molecule has 1 aliphatic rings. The first-order valence-electron chi connectivity index (χ1n) is 11.8. The number of aromatic nitrogens is 3. The molecule has 1 aliphatic heterocycles. The van der Waals surface area contributed by atoms with E-state index < -0.39 is 0 Å². The van der Waals surface area contributed by atoms with E-state index in [0.717, 1.165) is 54.4 Å². The van der Waals surface area contributed by atoms with E-state index in [4.69, 9.17) is 10.5 Å². The number of rotatable bonds is 7. The van der Waals surface area contributed by atoms with E-state index in [2.05, 4.69) is 39.2 Å². The molecule has 2 N–H and O–H groups in total. The molecule has 0 aliphatic carbocycles. The summed E-state index contributed by atoms with van der Waals surface area (Å²) in [4.78, 5) is 17.7. The predicted molar refractivity (Wildman–Crippen MR) is 139 cm³/mol. The summed E-state index contributed by atoms with van der Waals surface area (Å²) in [5, 5.41) is 4.31. The van der Waals surface area contributed by atoms with Gasteiger partial charge in [-0.2, -0.15) is 5.10 Å². The van der Waals surface area contributed by atoms with Crippen molar-refractivity contribution >= 4 is 11.4 Å². The normalized spacial score (nSPS) is 13.8. The summed E-state index contributed by atoms with van der Waals surface area (Å²) in [6.45, 7) is 4.70. The van der Waals surface area contributed by atoms with Crippen molar-refractivity contribution in [1.29, 1.82) is 0 Å². The number of nitrogens with two attached hydrogens (primary N) is 1. The summed E-state index contributed by atoms with van der Waals surface area (Å²) < 4.78 is 8.32. The maximum atomic E-state index is 12.9. The summed E-state index contributed by atoms with van der Waals surface area (Å²) >= 11 is 0. The van der Waals surface area contributed by atoms with Crippen LogP contribution in [0.3, 0.4) is 0 Å². The SMILES string of the molecule is COc1ccc(N2CCN(c3ccc(-n4cnn(Cc5ccc(CN)cc5)c4=O)cc3)CC2)cc1. The first kappa shape index (κ1) is 22.7. The molecule has 1 aromatic heterocycles. The van der Waals surface area contributed by atoms with Gasteiger partial charge in [0.2, 0.25) is 0 Å². The number of ether oxygens (including phenoxy) is 1. The first-order valence-corrected chi connectivity index (χ1v) is 11.8. The van der Waals surface area contributed by atoms with E-state index in [1.54, 1.807) is 18.0 Å². The van der Waals surface area contributed by atoms with Gasteiger partial charge in [-0.15, -0.1) is 0 Å². The third-order valence-electron chi connectivity index (χ3n) is 6.53. The molecule has 4 aromatic rings. The van der Waals surface area contributed by atoms with Gasteiger partial charge in [-0.3, -0.25) is 0 Å². The van der Waals surface area contributed by atoms with Crippen LogP contribution in [0.5, 0.6) is 5.75 Å². The fourth-order valence-corrected chi connectivity index (χ4v) is 4.42. The van der Waals surface area contributed by atoms with Crippen molar-refractivity contribution in [2.24, 2.45) is 5.73 Å². The van der Waals surface area contributed by atoms with Crippen molar-refractivity contribution in [3.05, 3.63) is 101 Å². The molecule has 0 saturated carbocycles. The van der Waals surface area contributed by atoms with Crippen LogP contribution in [0.1, 0.15) is 11.1 Å². The van der Waals surface area contributed by atoms with Crippen LogP contribution in [0.15, 0.2) is 83.9 Å². The van der Waals surface area contributed by atoms with Gasteiger partial charge in [0.1, 0.15) is 12.1 Å². The minimum Gasteiger partial charge on any atom is -0.497 e.